The summed E-state index contributed by atoms with van der Waals surface area (Å²) in [6.07, 6.45) is 7.70. The van der Waals surface area contributed by atoms with E-state index in [0.717, 1.165) is 33.4 Å². The van der Waals surface area contributed by atoms with Gasteiger partial charge in [0.15, 0.2) is 17.5 Å². The molecular formula is C44H30N4. The SMILES string of the molecule is C=C/C=C(\C=C/C)c1nc(-c2ccccc2)nc(-c2ccccc2-n2c3ccccc3c3c4ccc5cccc6ccc(cc32)c4c65)n1. The van der Waals surface area contributed by atoms with Crippen molar-refractivity contribution in [1.29, 1.82) is 0 Å². The van der Waals surface area contributed by atoms with E-state index in [-0.39, 0.29) is 0 Å². The molecular weight excluding hydrogens is 585 g/mol. The Balaban J connectivity index is 1.37. The first kappa shape index (κ1) is 27.9. The van der Waals surface area contributed by atoms with Crippen LogP contribution in [0.1, 0.15) is 12.7 Å². The van der Waals surface area contributed by atoms with Crippen molar-refractivity contribution in [3.05, 3.63) is 164 Å². The van der Waals surface area contributed by atoms with Crippen LogP contribution in [0.25, 0.3) is 88.2 Å². The van der Waals surface area contributed by atoms with E-state index in [9.17, 15) is 0 Å². The summed E-state index contributed by atoms with van der Waals surface area (Å²) in [4.78, 5) is 15.2. The third-order valence-corrected chi connectivity index (χ3v) is 9.24. The van der Waals surface area contributed by atoms with E-state index in [4.69, 9.17) is 15.0 Å². The van der Waals surface area contributed by atoms with Gasteiger partial charge >= 0.3 is 0 Å². The predicted molar refractivity (Wildman–Crippen MR) is 202 cm³/mol. The van der Waals surface area contributed by atoms with Crippen LogP contribution in [-0.2, 0) is 0 Å². The van der Waals surface area contributed by atoms with Crippen LogP contribution in [0.15, 0.2) is 158 Å². The summed E-state index contributed by atoms with van der Waals surface area (Å²) >= 11 is 0. The van der Waals surface area contributed by atoms with Gasteiger partial charge in [0.05, 0.1) is 16.7 Å². The summed E-state index contributed by atoms with van der Waals surface area (Å²) in [6, 6.07) is 45.2. The molecule has 4 nitrogen and oxygen atoms in total. The van der Waals surface area contributed by atoms with Crippen molar-refractivity contribution in [2.45, 2.75) is 6.92 Å². The Morgan fingerprint density at radius 2 is 1.33 bits per heavy atom. The average Bonchev–Trinajstić information content (AvgIpc) is 3.47. The molecule has 0 unspecified atom stereocenters. The Hall–Kier alpha value is -6.39. The Kier molecular flexibility index (Phi) is 6.47. The smallest absolute Gasteiger partial charge is 0.166 e. The standard InChI is InChI=1S/C44H30N4/c1-3-13-30(14-4-2)42-45-43(31-15-6-5-7-16-31)47-44(46-42)34-20-9-11-22-37(34)48-36-21-10-8-19-33(36)41-35-26-25-29-18-12-17-28-23-24-32(27-38(41)48)40(35)39(28)29/h3-27H,1H2,2H3/b14-4-,30-13+. The third kappa shape index (κ3) is 4.27. The molecule has 0 atom stereocenters. The van der Waals surface area contributed by atoms with Crippen LogP contribution in [0, 0.1) is 0 Å². The maximum absolute atomic E-state index is 5.11. The molecule has 9 rings (SSSR count). The van der Waals surface area contributed by atoms with Gasteiger partial charge in [-0.2, -0.15) is 0 Å². The normalized spacial score (nSPS) is 12.4. The second kappa shape index (κ2) is 11.1. The lowest BCUT2D eigenvalue weighted by molar-refractivity contribution is 1.03. The molecule has 0 saturated carbocycles. The molecule has 2 heterocycles. The van der Waals surface area contributed by atoms with Gasteiger partial charge in [-0.15, -0.1) is 0 Å². The van der Waals surface area contributed by atoms with Crippen LogP contribution in [0.3, 0.4) is 0 Å². The Morgan fingerprint density at radius 3 is 2.17 bits per heavy atom. The number of fused-ring (bicyclic) bond motifs is 4. The molecule has 0 spiro atoms. The van der Waals surface area contributed by atoms with Crippen LogP contribution >= 0.6 is 0 Å². The van der Waals surface area contributed by atoms with Gasteiger partial charge in [-0.25, -0.2) is 15.0 Å². The number of benzene rings is 7. The minimum atomic E-state index is 0.595. The van der Waals surface area contributed by atoms with Gasteiger partial charge in [0.2, 0.25) is 0 Å². The van der Waals surface area contributed by atoms with Gasteiger partial charge in [-0.1, -0.05) is 134 Å². The van der Waals surface area contributed by atoms with Crippen molar-refractivity contribution in [3.63, 3.8) is 0 Å². The third-order valence-electron chi connectivity index (χ3n) is 9.24. The number of hydrogen-bond donors (Lipinski definition) is 0. The summed E-state index contributed by atoms with van der Waals surface area (Å²) in [7, 11) is 0. The zero-order valence-electron chi connectivity index (χ0n) is 26.4. The molecule has 0 saturated heterocycles. The summed E-state index contributed by atoms with van der Waals surface area (Å²) in [5.74, 6) is 1.82. The number of nitrogens with zero attached hydrogens (tertiary/aromatic N) is 4. The molecule has 2 aromatic heterocycles. The number of aromatic nitrogens is 4. The zero-order chi connectivity index (χ0) is 32.2. The highest BCUT2D eigenvalue weighted by Gasteiger charge is 2.21. The minimum absolute atomic E-state index is 0.595. The maximum atomic E-state index is 5.11. The first-order valence-electron chi connectivity index (χ1n) is 16.2. The minimum Gasteiger partial charge on any atom is -0.308 e. The molecule has 48 heavy (non-hydrogen) atoms. The van der Waals surface area contributed by atoms with Crippen molar-refractivity contribution in [2.75, 3.05) is 0 Å². The van der Waals surface area contributed by atoms with Crippen LogP contribution in [0.5, 0.6) is 0 Å². The Labute approximate surface area is 278 Å². The van der Waals surface area contributed by atoms with Crippen molar-refractivity contribution in [2.24, 2.45) is 0 Å². The number of allylic oxidation sites excluding steroid dienone is 5. The second-order valence-electron chi connectivity index (χ2n) is 12.0. The molecule has 9 aromatic rings. The van der Waals surface area contributed by atoms with Crippen LogP contribution in [-0.4, -0.2) is 19.5 Å². The fraction of sp³-hybridized carbons (Fsp3) is 0.0227. The van der Waals surface area contributed by atoms with Crippen LogP contribution in [0.4, 0.5) is 0 Å². The van der Waals surface area contributed by atoms with E-state index < -0.39 is 0 Å². The van der Waals surface area contributed by atoms with Gasteiger partial charge in [-0.05, 0) is 63.5 Å². The van der Waals surface area contributed by atoms with Gasteiger partial charge in [-0.3, -0.25) is 0 Å². The summed E-state index contributed by atoms with van der Waals surface area (Å²) < 4.78 is 2.38. The van der Waals surface area contributed by atoms with E-state index in [0.29, 0.717) is 17.5 Å². The van der Waals surface area contributed by atoms with Crippen molar-refractivity contribution in [1.82, 2.24) is 19.5 Å². The highest BCUT2D eigenvalue weighted by molar-refractivity contribution is 6.33. The summed E-state index contributed by atoms with van der Waals surface area (Å²) in [5.41, 5.74) is 6.00. The average molecular weight is 615 g/mol. The highest BCUT2D eigenvalue weighted by atomic mass is 15.1. The Bertz CT molecular complexity index is 2730. The lowest BCUT2D eigenvalue weighted by atomic mass is 9.92. The molecule has 0 amide bonds. The lowest BCUT2D eigenvalue weighted by Gasteiger charge is -2.16. The highest BCUT2D eigenvalue weighted by Crippen LogP contribution is 2.44. The Morgan fingerprint density at radius 1 is 0.604 bits per heavy atom. The fourth-order valence-corrected chi connectivity index (χ4v) is 7.23. The van der Waals surface area contributed by atoms with E-state index in [1.165, 1.54) is 43.1 Å². The lowest BCUT2D eigenvalue weighted by Crippen LogP contribution is -2.05. The molecule has 0 bridgehead atoms. The fourth-order valence-electron chi connectivity index (χ4n) is 7.23. The van der Waals surface area contributed by atoms with E-state index in [1.807, 2.05) is 55.5 Å². The van der Waals surface area contributed by atoms with Crippen molar-refractivity contribution in [3.8, 4) is 28.5 Å². The molecule has 4 heteroatoms. The molecule has 0 N–H and O–H groups in total. The maximum Gasteiger partial charge on any atom is 0.166 e. The largest absolute Gasteiger partial charge is 0.308 e. The first-order valence-corrected chi connectivity index (χ1v) is 16.2. The molecule has 0 aliphatic carbocycles. The van der Waals surface area contributed by atoms with Gasteiger partial charge < -0.3 is 4.57 Å². The summed E-state index contributed by atoms with van der Waals surface area (Å²) in [6.45, 7) is 5.93. The van der Waals surface area contributed by atoms with E-state index in [1.54, 1.807) is 6.08 Å². The zero-order valence-corrected chi connectivity index (χ0v) is 26.4. The van der Waals surface area contributed by atoms with Gasteiger partial charge in [0.1, 0.15) is 0 Å². The van der Waals surface area contributed by atoms with Crippen molar-refractivity contribution >= 4 is 59.7 Å². The predicted octanol–water partition coefficient (Wildman–Crippen LogP) is 11.3. The monoisotopic (exact) mass is 614 g/mol. The number of hydrogen-bond acceptors (Lipinski definition) is 3. The number of para-hydroxylation sites is 2. The van der Waals surface area contributed by atoms with Crippen molar-refractivity contribution < 1.29 is 0 Å². The molecule has 0 radical (unpaired) electrons. The van der Waals surface area contributed by atoms with E-state index in [2.05, 4.69) is 108 Å². The van der Waals surface area contributed by atoms with Gasteiger partial charge in [0.25, 0.3) is 0 Å². The topological polar surface area (TPSA) is 43.6 Å². The van der Waals surface area contributed by atoms with Crippen LogP contribution < -0.4 is 0 Å². The quantitative estimate of drug-likeness (QED) is 0.138. The molecule has 0 aliphatic rings. The molecule has 7 aromatic carbocycles. The second-order valence-corrected chi connectivity index (χ2v) is 12.0. The first-order chi connectivity index (χ1) is 23.7. The number of rotatable bonds is 6. The van der Waals surface area contributed by atoms with Crippen LogP contribution in [0.2, 0.25) is 0 Å². The summed E-state index contributed by atoms with van der Waals surface area (Å²) in [5, 5.41) is 10.1. The molecule has 0 aliphatic heterocycles. The van der Waals surface area contributed by atoms with E-state index >= 15 is 0 Å². The molecule has 0 fully saturated rings. The van der Waals surface area contributed by atoms with Gasteiger partial charge in [0, 0.05) is 27.5 Å². The molecule has 226 valence electrons.